The number of Topliss-reactive ketones (excluding diaryl/α,β-unsaturated/α-hetero) is 1. The first kappa shape index (κ1) is 31.7. The summed E-state index contributed by atoms with van der Waals surface area (Å²) in [5, 5.41) is 13.3. The lowest BCUT2D eigenvalue weighted by atomic mass is 9.72. The van der Waals surface area contributed by atoms with Gasteiger partial charge in [-0.25, -0.2) is 4.79 Å². The maximum absolute atomic E-state index is 13.9. The fourth-order valence-corrected chi connectivity index (χ4v) is 7.86. The molecule has 0 spiro atoms. The van der Waals surface area contributed by atoms with E-state index in [4.69, 9.17) is 9.84 Å². The van der Waals surface area contributed by atoms with Gasteiger partial charge >= 0.3 is 5.97 Å². The predicted molar refractivity (Wildman–Crippen MR) is 189 cm³/mol. The summed E-state index contributed by atoms with van der Waals surface area (Å²) in [6, 6.07) is 19.7. The number of hydrogen-bond acceptors (Lipinski definition) is 5. The Balaban J connectivity index is 1.21. The van der Waals surface area contributed by atoms with E-state index in [1.807, 2.05) is 38.4 Å². The number of rotatable bonds is 9. The van der Waals surface area contributed by atoms with Crippen molar-refractivity contribution in [3.8, 4) is 17.0 Å². The quantitative estimate of drug-likeness (QED) is 0.184. The molecule has 2 heterocycles. The van der Waals surface area contributed by atoms with Crippen molar-refractivity contribution in [3.63, 3.8) is 0 Å². The normalized spacial score (nSPS) is 17.1. The lowest BCUT2D eigenvalue weighted by Gasteiger charge is -2.41. The second kappa shape index (κ2) is 13.0. The van der Waals surface area contributed by atoms with Gasteiger partial charge in [-0.15, -0.1) is 0 Å². The number of amides is 1. The Bertz CT molecular complexity index is 1910. The average Bonchev–Trinajstić information content (AvgIpc) is 3.26. The van der Waals surface area contributed by atoms with Crippen molar-refractivity contribution in [3.05, 3.63) is 89.0 Å². The molecule has 2 aliphatic carbocycles. The van der Waals surface area contributed by atoms with E-state index in [9.17, 15) is 14.4 Å². The highest BCUT2D eigenvalue weighted by molar-refractivity contribution is 6.04. The largest absolute Gasteiger partial charge is 0.489 e. The SMILES string of the molecule is CN(C)c1cccc2c1OCCn1c-2c(C2CCCCC2)c2ccc(C(=O)NC3(C(=O)Cc4ccc(/C=C/C(=O)O)cc4)CCC3)cc21. The monoisotopic (exact) mass is 645 g/mol. The maximum atomic E-state index is 13.9. The number of carboxylic acid groups (broad SMARTS) is 1. The second-order valence-electron chi connectivity index (χ2n) is 13.8. The Morgan fingerprint density at radius 3 is 2.46 bits per heavy atom. The minimum atomic E-state index is -1.01. The lowest BCUT2D eigenvalue weighted by molar-refractivity contribution is -0.131. The van der Waals surface area contributed by atoms with Gasteiger partial charge in [0.1, 0.15) is 6.61 Å². The summed E-state index contributed by atoms with van der Waals surface area (Å²) < 4.78 is 8.80. The van der Waals surface area contributed by atoms with Crippen LogP contribution in [-0.4, -0.2) is 53.6 Å². The van der Waals surface area contributed by atoms with Gasteiger partial charge in [-0.2, -0.15) is 0 Å². The fraction of sp³-hybridized carbons (Fsp3) is 0.375. The van der Waals surface area contributed by atoms with E-state index in [0.29, 0.717) is 37.5 Å². The molecule has 248 valence electrons. The van der Waals surface area contributed by atoms with E-state index in [0.717, 1.165) is 59.0 Å². The summed E-state index contributed by atoms with van der Waals surface area (Å²) in [6.45, 7) is 1.21. The van der Waals surface area contributed by atoms with Crippen molar-refractivity contribution < 1.29 is 24.2 Å². The first-order chi connectivity index (χ1) is 23.2. The molecule has 3 aromatic carbocycles. The highest BCUT2D eigenvalue weighted by atomic mass is 16.5. The fourth-order valence-electron chi connectivity index (χ4n) is 7.86. The van der Waals surface area contributed by atoms with Gasteiger partial charge in [0.25, 0.3) is 5.91 Å². The first-order valence-corrected chi connectivity index (χ1v) is 17.2. The van der Waals surface area contributed by atoms with Gasteiger partial charge in [0, 0.05) is 48.6 Å². The van der Waals surface area contributed by atoms with E-state index in [2.05, 4.69) is 39.0 Å². The molecule has 0 unspecified atom stereocenters. The summed E-state index contributed by atoms with van der Waals surface area (Å²) in [5.41, 5.74) is 7.03. The predicted octanol–water partition coefficient (Wildman–Crippen LogP) is 7.38. The summed E-state index contributed by atoms with van der Waals surface area (Å²) in [4.78, 5) is 40.5. The Kier molecular flexibility index (Phi) is 8.58. The molecule has 48 heavy (non-hydrogen) atoms. The van der Waals surface area contributed by atoms with Gasteiger partial charge in [-0.1, -0.05) is 55.7 Å². The third-order valence-corrected chi connectivity index (χ3v) is 10.5. The minimum Gasteiger partial charge on any atom is -0.489 e. The maximum Gasteiger partial charge on any atom is 0.328 e. The minimum absolute atomic E-state index is 0.00130. The summed E-state index contributed by atoms with van der Waals surface area (Å²) in [6.07, 6.45) is 11.0. The van der Waals surface area contributed by atoms with Crippen LogP contribution in [0.5, 0.6) is 5.75 Å². The van der Waals surface area contributed by atoms with Gasteiger partial charge in [-0.05, 0) is 85.1 Å². The number of ether oxygens (including phenoxy) is 1. The van der Waals surface area contributed by atoms with Crippen LogP contribution in [0.15, 0.2) is 66.7 Å². The topological polar surface area (TPSA) is 101 Å². The van der Waals surface area contributed by atoms with Gasteiger partial charge in [-0.3, -0.25) is 9.59 Å². The molecule has 4 aromatic rings. The zero-order valence-corrected chi connectivity index (χ0v) is 27.8. The number of carbonyl (C=O) groups excluding carboxylic acids is 2. The number of carbonyl (C=O) groups is 3. The lowest BCUT2D eigenvalue weighted by Crippen LogP contribution is -2.59. The molecular formula is C40H43N3O5. The van der Waals surface area contributed by atoms with Crippen LogP contribution in [-0.2, 0) is 22.6 Å². The standard InChI is InChI=1S/C40H43N3O5/c1-42(2)32-11-6-10-31-37-36(28-8-4-3-5-9-28)30-18-17-29(25-33(30)43(37)22-23-48-38(31)32)39(47)41-40(20-7-21-40)34(44)24-27-14-12-26(13-15-27)16-19-35(45)46/h6,10-19,25,28H,3-5,7-9,20-24H2,1-2H3,(H,41,47)(H,45,46)/b19-16+. The summed E-state index contributed by atoms with van der Waals surface area (Å²) in [5.74, 6) is 0.124. The number of aliphatic carboxylic acids is 1. The molecule has 1 aliphatic heterocycles. The number of nitrogens with one attached hydrogen (secondary N) is 1. The van der Waals surface area contributed by atoms with Crippen molar-refractivity contribution >= 4 is 40.3 Å². The van der Waals surface area contributed by atoms with Crippen molar-refractivity contribution in [2.45, 2.75) is 75.8 Å². The van der Waals surface area contributed by atoms with Gasteiger partial charge < -0.3 is 24.6 Å². The van der Waals surface area contributed by atoms with Gasteiger partial charge in [0.2, 0.25) is 0 Å². The highest BCUT2D eigenvalue weighted by Crippen LogP contribution is 2.49. The van der Waals surface area contributed by atoms with Crippen molar-refractivity contribution in [2.24, 2.45) is 0 Å². The number of fused-ring (bicyclic) bond motifs is 5. The number of ketones is 1. The number of benzene rings is 3. The first-order valence-electron chi connectivity index (χ1n) is 17.2. The molecule has 0 bridgehead atoms. The number of anilines is 1. The van der Waals surface area contributed by atoms with Gasteiger partial charge in [0.15, 0.2) is 11.5 Å². The average molecular weight is 646 g/mol. The Morgan fingerprint density at radius 2 is 1.77 bits per heavy atom. The van der Waals surface area contributed by atoms with E-state index in [1.54, 1.807) is 12.1 Å². The second-order valence-corrected chi connectivity index (χ2v) is 13.8. The van der Waals surface area contributed by atoms with Crippen LogP contribution in [0, 0.1) is 0 Å². The summed E-state index contributed by atoms with van der Waals surface area (Å²) >= 11 is 0. The molecule has 1 aromatic heterocycles. The van der Waals surface area contributed by atoms with Crippen LogP contribution in [0.3, 0.4) is 0 Å². The van der Waals surface area contributed by atoms with Crippen molar-refractivity contribution in [2.75, 3.05) is 25.6 Å². The number of hydrogen-bond donors (Lipinski definition) is 2. The number of para-hydroxylation sites is 1. The third kappa shape index (κ3) is 5.89. The molecule has 8 heteroatoms. The van der Waals surface area contributed by atoms with Crippen LogP contribution in [0.25, 0.3) is 28.2 Å². The Hall–Kier alpha value is -4.85. The molecule has 0 saturated heterocycles. The molecule has 7 rings (SSSR count). The molecule has 0 radical (unpaired) electrons. The zero-order chi connectivity index (χ0) is 33.4. The van der Waals surface area contributed by atoms with Crippen molar-refractivity contribution in [1.82, 2.24) is 9.88 Å². The molecule has 3 aliphatic rings. The van der Waals surface area contributed by atoms with Gasteiger partial charge in [0.05, 0.1) is 23.5 Å². The highest BCUT2D eigenvalue weighted by Gasteiger charge is 2.45. The number of nitrogens with zero attached hydrogens (tertiary/aromatic N) is 2. The number of aromatic nitrogens is 1. The van der Waals surface area contributed by atoms with Crippen LogP contribution in [0.4, 0.5) is 5.69 Å². The van der Waals surface area contributed by atoms with Crippen molar-refractivity contribution in [1.29, 1.82) is 0 Å². The molecular weight excluding hydrogens is 602 g/mol. The Labute approximate surface area is 281 Å². The summed E-state index contributed by atoms with van der Waals surface area (Å²) in [7, 11) is 4.09. The van der Waals surface area contributed by atoms with Crippen LogP contribution >= 0.6 is 0 Å². The molecule has 0 atom stereocenters. The van der Waals surface area contributed by atoms with E-state index < -0.39 is 11.5 Å². The molecule has 1 amide bonds. The molecule has 2 fully saturated rings. The molecule has 2 saturated carbocycles. The number of carboxylic acids is 1. The van der Waals surface area contributed by atoms with E-state index in [-0.39, 0.29) is 18.1 Å². The van der Waals surface area contributed by atoms with Crippen LogP contribution in [0.2, 0.25) is 0 Å². The zero-order valence-electron chi connectivity index (χ0n) is 27.8. The molecule has 8 nitrogen and oxygen atoms in total. The van der Waals surface area contributed by atoms with E-state index in [1.165, 1.54) is 42.0 Å². The van der Waals surface area contributed by atoms with Crippen LogP contribution < -0.4 is 15.0 Å². The third-order valence-electron chi connectivity index (χ3n) is 10.5. The Morgan fingerprint density at radius 1 is 1.00 bits per heavy atom. The van der Waals surface area contributed by atoms with E-state index >= 15 is 0 Å². The smallest absolute Gasteiger partial charge is 0.328 e. The van der Waals surface area contributed by atoms with Crippen LogP contribution in [0.1, 0.15) is 84.3 Å². The molecule has 2 N–H and O–H groups in total.